The summed E-state index contributed by atoms with van der Waals surface area (Å²) in [7, 11) is 0. The maximum Gasteiger partial charge on any atom is 0.0605 e. The van der Waals surface area contributed by atoms with Gasteiger partial charge in [0.05, 0.1) is 4.58 Å². The first kappa shape index (κ1) is 11.3. The highest BCUT2D eigenvalue weighted by molar-refractivity contribution is 9.09. The Morgan fingerprint density at radius 2 is 1.67 bits per heavy atom. The van der Waals surface area contributed by atoms with Gasteiger partial charge in [0.1, 0.15) is 0 Å². The molecule has 2 atom stereocenters. The first-order chi connectivity index (χ1) is 5.40. The molecule has 74 valence electrons. The van der Waals surface area contributed by atoms with Crippen molar-refractivity contribution in [2.24, 2.45) is 0 Å². The van der Waals surface area contributed by atoms with Gasteiger partial charge in [-0.3, -0.25) is 0 Å². The molecule has 0 N–H and O–H groups in total. The normalized spacial score (nSPS) is 40.2. The molecule has 0 aromatic rings. The van der Waals surface area contributed by atoms with E-state index in [4.69, 9.17) is 0 Å². The number of fused-ring (bicyclic) bond motifs is 1. The lowest BCUT2D eigenvalue weighted by atomic mass is 10.00. The average Bonchev–Trinajstić information content (AvgIpc) is 2.46. The highest BCUT2D eigenvalue weighted by Crippen LogP contribution is 2.49. The fourth-order valence-electron chi connectivity index (χ4n) is 1.87. The highest BCUT2D eigenvalue weighted by atomic mass is 79.9. The van der Waals surface area contributed by atoms with Crippen molar-refractivity contribution in [3.63, 3.8) is 0 Å². The Kier molecular flexibility index (Phi) is 4.84. The van der Waals surface area contributed by atoms with Gasteiger partial charge in [-0.25, -0.2) is 0 Å². The lowest BCUT2D eigenvalue weighted by molar-refractivity contribution is 0.532. The van der Waals surface area contributed by atoms with Gasteiger partial charge in [-0.2, -0.15) is 0 Å². The van der Waals surface area contributed by atoms with Crippen LogP contribution in [0.4, 0.5) is 0 Å². The van der Waals surface area contributed by atoms with Gasteiger partial charge in [0.15, 0.2) is 0 Å². The monoisotopic (exact) mass is 270 g/mol. The molecule has 2 rings (SSSR count). The Hall–Kier alpha value is 1.18. The van der Waals surface area contributed by atoms with Crippen LogP contribution >= 0.6 is 39.5 Å². The van der Waals surface area contributed by atoms with E-state index in [1.807, 2.05) is 0 Å². The van der Waals surface area contributed by atoms with Gasteiger partial charge in [-0.1, -0.05) is 36.2 Å². The minimum atomic E-state index is 0. The molecule has 2 unspecified atom stereocenters. The van der Waals surface area contributed by atoms with Gasteiger partial charge in [0.2, 0.25) is 0 Å². The van der Waals surface area contributed by atoms with Crippen LogP contribution in [-0.2, 0) is 0 Å². The molecule has 1 aliphatic heterocycles. The predicted octanol–water partition coefficient (Wildman–Crippen LogP) is 4.38. The zero-order valence-electron chi connectivity index (χ0n) is 6.46. The van der Waals surface area contributed by atoms with Crippen LogP contribution in [0.5, 0.6) is 0 Å². The van der Waals surface area contributed by atoms with Crippen molar-refractivity contribution in [2.45, 2.75) is 48.2 Å². The van der Waals surface area contributed by atoms with Gasteiger partial charge < -0.3 is 0 Å². The van der Waals surface area contributed by atoms with Crippen LogP contribution in [0.25, 0.3) is 0 Å². The molecule has 0 spiro atoms. The van der Waals surface area contributed by atoms with Gasteiger partial charge in [0.25, 0.3) is 0 Å². The van der Waals surface area contributed by atoms with Gasteiger partial charge in [-0.15, -0.1) is 23.5 Å². The fraction of sp³-hybridized carbons (Fsp3) is 1.00. The summed E-state index contributed by atoms with van der Waals surface area (Å²) >= 11 is 7.99. The number of alkyl halides is 1. The lowest BCUT2D eigenvalue weighted by Gasteiger charge is -2.22. The van der Waals surface area contributed by atoms with Crippen LogP contribution in [0.3, 0.4) is 0 Å². The van der Waals surface area contributed by atoms with Crippen LogP contribution in [0.1, 0.15) is 34.5 Å². The van der Waals surface area contributed by atoms with E-state index >= 15 is 0 Å². The SMILES string of the molecule is BrCC1SC2CCCCC2S1.C.[HH]. The lowest BCUT2D eigenvalue weighted by Crippen LogP contribution is -2.19. The fourth-order valence-corrected chi connectivity index (χ4v) is 6.44. The van der Waals surface area contributed by atoms with E-state index < -0.39 is 0 Å². The predicted molar refractivity (Wildman–Crippen MR) is 67.7 cm³/mol. The number of thioether (sulfide) groups is 2. The van der Waals surface area contributed by atoms with Crippen molar-refractivity contribution < 1.29 is 1.43 Å². The molecule has 2 aliphatic rings. The maximum absolute atomic E-state index is 3.57. The summed E-state index contributed by atoms with van der Waals surface area (Å²) in [5, 5.41) is 3.17. The number of hydrogen-bond donors (Lipinski definition) is 0. The molecule has 0 bridgehead atoms. The molecule has 3 heteroatoms. The summed E-state index contributed by atoms with van der Waals surface area (Å²) in [6, 6.07) is 0. The molecule has 12 heavy (non-hydrogen) atoms. The Morgan fingerprint density at radius 3 is 2.08 bits per heavy atom. The van der Waals surface area contributed by atoms with Gasteiger partial charge in [0, 0.05) is 17.3 Å². The summed E-state index contributed by atoms with van der Waals surface area (Å²) in [6.45, 7) is 0. The third kappa shape index (κ3) is 2.36. The van der Waals surface area contributed by atoms with Crippen molar-refractivity contribution >= 4 is 39.5 Å². The molecule has 1 saturated heterocycles. The Morgan fingerprint density at radius 1 is 1.17 bits per heavy atom. The molecule has 0 amide bonds. The third-order valence-electron chi connectivity index (χ3n) is 2.42. The van der Waals surface area contributed by atoms with E-state index in [-0.39, 0.29) is 8.85 Å². The second kappa shape index (κ2) is 5.16. The minimum absolute atomic E-state index is 0. The smallest absolute Gasteiger partial charge is 0.0605 e. The summed E-state index contributed by atoms with van der Waals surface area (Å²) in [5.74, 6) is 0. The quantitative estimate of drug-likeness (QED) is 0.649. The highest BCUT2D eigenvalue weighted by Gasteiger charge is 2.36. The van der Waals surface area contributed by atoms with E-state index in [2.05, 4.69) is 39.5 Å². The molecular weight excluding hydrogens is 252 g/mol. The summed E-state index contributed by atoms with van der Waals surface area (Å²) in [5.41, 5.74) is 0. The molecular formula is C9H19BrS2. The van der Waals surface area contributed by atoms with E-state index in [9.17, 15) is 0 Å². The summed E-state index contributed by atoms with van der Waals surface area (Å²) in [6.07, 6.45) is 5.91. The zero-order valence-corrected chi connectivity index (χ0v) is 9.68. The number of halogens is 1. The topological polar surface area (TPSA) is 0 Å². The third-order valence-corrected chi connectivity index (χ3v) is 7.53. The van der Waals surface area contributed by atoms with E-state index in [0.29, 0.717) is 0 Å². The molecule has 2 fully saturated rings. The van der Waals surface area contributed by atoms with Crippen LogP contribution in [0.2, 0.25) is 0 Å². The average molecular weight is 271 g/mol. The van der Waals surface area contributed by atoms with Crippen molar-refractivity contribution in [3.8, 4) is 0 Å². The Bertz CT molecular complexity index is 132. The first-order valence-corrected chi connectivity index (χ1v) is 7.28. The molecule has 0 radical (unpaired) electrons. The number of rotatable bonds is 1. The van der Waals surface area contributed by atoms with Crippen LogP contribution < -0.4 is 0 Å². The van der Waals surface area contributed by atoms with Gasteiger partial charge in [-0.05, 0) is 12.8 Å². The molecule has 0 nitrogen and oxygen atoms in total. The van der Waals surface area contributed by atoms with E-state index in [1.165, 1.54) is 31.0 Å². The standard InChI is InChI=1S/C8H13BrS2.CH4.H2/c9-5-8-10-6-3-1-2-4-7(6)11-8;;/h6-8H,1-5H2;1H4;1H. The maximum atomic E-state index is 3.57. The van der Waals surface area contributed by atoms with E-state index in [1.54, 1.807) is 0 Å². The largest absolute Gasteiger partial charge is 0.142 e. The zero-order chi connectivity index (χ0) is 7.68. The van der Waals surface area contributed by atoms with Crippen molar-refractivity contribution in [2.75, 3.05) is 5.33 Å². The van der Waals surface area contributed by atoms with Crippen molar-refractivity contribution in [3.05, 3.63) is 0 Å². The molecule has 0 aromatic heterocycles. The van der Waals surface area contributed by atoms with Crippen molar-refractivity contribution in [1.29, 1.82) is 0 Å². The number of hydrogen-bond acceptors (Lipinski definition) is 2. The second-order valence-electron chi connectivity index (χ2n) is 3.22. The van der Waals surface area contributed by atoms with Crippen molar-refractivity contribution in [1.82, 2.24) is 0 Å². The van der Waals surface area contributed by atoms with Gasteiger partial charge >= 0.3 is 0 Å². The second-order valence-corrected chi connectivity index (χ2v) is 7.06. The minimum Gasteiger partial charge on any atom is -0.142 e. The molecule has 1 heterocycles. The van der Waals surface area contributed by atoms with Crippen LogP contribution in [-0.4, -0.2) is 20.4 Å². The molecule has 1 aliphatic carbocycles. The molecule has 1 saturated carbocycles. The summed E-state index contributed by atoms with van der Waals surface area (Å²) in [4.78, 5) is 0. The van der Waals surface area contributed by atoms with Crippen LogP contribution in [0.15, 0.2) is 0 Å². The molecule has 0 aromatic carbocycles. The Balaban J connectivity index is 0.000000720. The van der Waals surface area contributed by atoms with Crippen LogP contribution in [0, 0.1) is 0 Å². The van der Waals surface area contributed by atoms with E-state index in [0.717, 1.165) is 15.1 Å². The first-order valence-electron chi connectivity index (χ1n) is 4.27. The summed E-state index contributed by atoms with van der Waals surface area (Å²) < 4.78 is 0.850. The Labute approximate surface area is 94.3 Å².